The Morgan fingerprint density at radius 3 is 2.68 bits per heavy atom. The summed E-state index contributed by atoms with van der Waals surface area (Å²) in [7, 11) is 0. The molecule has 4 aromatic rings. The van der Waals surface area contributed by atoms with Gasteiger partial charge in [0.2, 0.25) is 0 Å². The van der Waals surface area contributed by atoms with Crippen LogP contribution in [-0.4, -0.2) is 22.6 Å². The molecule has 0 unspecified atom stereocenters. The predicted octanol–water partition coefficient (Wildman–Crippen LogP) is 2.85. The second-order valence-electron chi connectivity index (χ2n) is 5.31. The third-order valence-corrected chi connectivity index (χ3v) is 4.69. The maximum absolute atomic E-state index is 12.8. The lowest BCUT2D eigenvalue weighted by Crippen LogP contribution is -2.22. The van der Waals surface area contributed by atoms with Crippen LogP contribution < -0.4 is 19.6 Å². The largest absolute Gasteiger partial charge is 0.490 e. The van der Waals surface area contributed by atoms with E-state index < -0.39 is 0 Å². The molecule has 7 heteroatoms. The van der Waals surface area contributed by atoms with Crippen molar-refractivity contribution in [1.82, 2.24) is 9.38 Å². The first-order valence-electron chi connectivity index (χ1n) is 8.01. The number of thiazole rings is 1. The summed E-state index contributed by atoms with van der Waals surface area (Å²) in [6.07, 6.45) is 3.31. The second-order valence-corrected chi connectivity index (χ2v) is 6.32. The molecule has 0 aliphatic heterocycles. The van der Waals surface area contributed by atoms with Gasteiger partial charge in [0, 0.05) is 18.2 Å². The molecule has 0 aliphatic carbocycles. The van der Waals surface area contributed by atoms with Gasteiger partial charge in [0.25, 0.3) is 5.56 Å². The molecule has 25 heavy (non-hydrogen) atoms. The van der Waals surface area contributed by atoms with Crippen molar-refractivity contribution in [2.24, 2.45) is 0 Å². The number of rotatable bonds is 5. The van der Waals surface area contributed by atoms with Gasteiger partial charge in [-0.1, -0.05) is 11.3 Å². The highest BCUT2D eigenvalue weighted by molar-refractivity contribution is 7.15. The quantitative estimate of drug-likeness (QED) is 0.550. The summed E-state index contributed by atoms with van der Waals surface area (Å²) in [6, 6.07) is 7.23. The van der Waals surface area contributed by atoms with Crippen LogP contribution in [0.4, 0.5) is 0 Å². The average Bonchev–Trinajstić information content (AvgIpc) is 3.28. The molecule has 0 amide bonds. The van der Waals surface area contributed by atoms with Gasteiger partial charge < -0.3 is 13.9 Å². The molecule has 128 valence electrons. The lowest BCUT2D eigenvalue weighted by atomic mass is 10.2. The number of furan rings is 1. The monoisotopic (exact) mass is 356 g/mol. The Morgan fingerprint density at radius 2 is 2.00 bits per heavy atom. The summed E-state index contributed by atoms with van der Waals surface area (Å²) < 4.78 is 18.8. The van der Waals surface area contributed by atoms with E-state index in [1.807, 2.05) is 32.0 Å². The third kappa shape index (κ3) is 2.66. The van der Waals surface area contributed by atoms with Crippen molar-refractivity contribution in [2.45, 2.75) is 13.8 Å². The number of hydrogen-bond donors (Lipinski definition) is 0. The lowest BCUT2D eigenvalue weighted by Gasteiger charge is -2.10. The summed E-state index contributed by atoms with van der Waals surface area (Å²) in [5, 5.41) is 0. The summed E-state index contributed by atoms with van der Waals surface area (Å²) in [4.78, 5) is 18.0. The molecule has 3 heterocycles. The molecule has 4 rings (SSSR count). The van der Waals surface area contributed by atoms with Crippen LogP contribution in [0.1, 0.15) is 19.6 Å². The normalized spacial score (nSPS) is 12.3. The number of hydrogen-bond acceptors (Lipinski definition) is 6. The summed E-state index contributed by atoms with van der Waals surface area (Å²) in [6.45, 7) is 4.87. The molecular formula is C18H16N2O4S. The lowest BCUT2D eigenvalue weighted by molar-refractivity contribution is 0.288. The van der Waals surface area contributed by atoms with Crippen LogP contribution in [0.15, 0.2) is 39.7 Å². The minimum atomic E-state index is -0.120. The van der Waals surface area contributed by atoms with Crippen LogP contribution in [-0.2, 0) is 0 Å². The van der Waals surface area contributed by atoms with E-state index in [0.29, 0.717) is 51.0 Å². The molecule has 0 bridgehead atoms. The van der Waals surface area contributed by atoms with Crippen LogP contribution in [0.3, 0.4) is 0 Å². The third-order valence-electron chi connectivity index (χ3n) is 3.72. The van der Waals surface area contributed by atoms with E-state index >= 15 is 0 Å². The van der Waals surface area contributed by atoms with Gasteiger partial charge in [-0.3, -0.25) is 4.79 Å². The van der Waals surface area contributed by atoms with E-state index in [4.69, 9.17) is 13.9 Å². The maximum atomic E-state index is 12.8. The van der Waals surface area contributed by atoms with Crippen LogP contribution in [0.5, 0.6) is 11.5 Å². The minimum Gasteiger partial charge on any atom is -0.490 e. The van der Waals surface area contributed by atoms with Crippen molar-refractivity contribution in [3.8, 4) is 11.5 Å². The van der Waals surface area contributed by atoms with E-state index in [9.17, 15) is 4.79 Å². The van der Waals surface area contributed by atoms with Crippen molar-refractivity contribution >= 4 is 33.4 Å². The fourth-order valence-electron chi connectivity index (χ4n) is 2.71. The Bertz CT molecular complexity index is 1140. The number of fused-ring (bicyclic) bond motifs is 3. The van der Waals surface area contributed by atoms with E-state index in [1.54, 1.807) is 22.8 Å². The molecule has 0 fully saturated rings. The van der Waals surface area contributed by atoms with Gasteiger partial charge in [-0.15, -0.1) is 0 Å². The van der Waals surface area contributed by atoms with Gasteiger partial charge in [0.15, 0.2) is 16.5 Å². The van der Waals surface area contributed by atoms with Gasteiger partial charge in [0.05, 0.1) is 30.5 Å². The minimum absolute atomic E-state index is 0.120. The van der Waals surface area contributed by atoms with Crippen LogP contribution >= 0.6 is 11.3 Å². The standard InChI is InChI=1S/C18H16N2O4S/c1-3-22-14-9-12-13(10-15(14)23-4-2)20-17(21)16(25-18(20)19-12)8-11-6-5-7-24-11/h5-10H,3-4H2,1-2H3/b16-8-. The van der Waals surface area contributed by atoms with E-state index in [-0.39, 0.29) is 5.56 Å². The highest BCUT2D eigenvalue weighted by Gasteiger charge is 2.16. The molecule has 3 aromatic heterocycles. The second kappa shape index (κ2) is 6.25. The van der Waals surface area contributed by atoms with E-state index in [1.165, 1.54) is 11.3 Å². The Kier molecular flexibility index (Phi) is 3.93. The molecule has 6 nitrogen and oxygen atoms in total. The van der Waals surface area contributed by atoms with Crippen molar-refractivity contribution < 1.29 is 13.9 Å². The molecule has 1 aromatic carbocycles. The summed E-state index contributed by atoms with van der Waals surface area (Å²) in [5.41, 5.74) is 1.30. The molecule has 0 N–H and O–H groups in total. The zero-order valence-corrected chi connectivity index (χ0v) is 14.6. The number of benzene rings is 1. The number of ether oxygens (including phenoxy) is 2. The fourth-order valence-corrected chi connectivity index (χ4v) is 3.68. The summed E-state index contributed by atoms with van der Waals surface area (Å²) in [5.74, 6) is 1.89. The molecule has 0 atom stereocenters. The molecular weight excluding hydrogens is 340 g/mol. The Morgan fingerprint density at radius 1 is 1.24 bits per heavy atom. The predicted molar refractivity (Wildman–Crippen MR) is 96.7 cm³/mol. The smallest absolute Gasteiger partial charge is 0.275 e. The van der Waals surface area contributed by atoms with Gasteiger partial charge in [-0.2, -0.15) is 0 Å². The number of aromatic nitrogens is 2. The molecule has 0 aliphatic rings. The first kappa shape index (κ1) is 15.7. The van der Waals surface area contributed by atoms with Crippen molar-refractivity contribution in [2.75, 3.05) is 13.2 Å². The van der Waals surface area contributed by atoms with Gasteiger partial charge in [-0.05, 0) is 26.0 Å². The Balaban J connectivity index is 1.96. The highest BCUT2D eigenvalue weighted by Crippen LogP contribution is 2.32. The average molecular weight is 356 g/mol. The van der Waals surface area contributed by atoms with Crippen molar-refractivity contribution in [3.05, 3.63) is 51.2 Å². The fraction of sp³-hybridized carbons (Fsp3) is 0.222. The van der Waals surface area contributed by atoms with Gasteiger partial charge >= 0.3 is 0 Å². The zero-order chi connectivity index (χ0) is 17.4. The van der Waals surface area contributed by atoms with E-state index in [0.717, 1.165) is 0 Å². The van der Waals surface area contributed by atoms with Gasteiger partial charge in [0.1, 0.15) is 10.3 Å². The zero-order valence-electron chi connectivity index (χ0n) is 13.8. The SMILES string of the molecule is CCOc1cc2nc3s/c(=C\c4ccco4)c(=O)n3c2cc1OCC. The molecule has 0 saturated heterocycles. The van der Waals surface area contributed by atoms with E-state index in [2.05, 4.69) is 4.98 Å². The molecule has 0 radical (unpaired) electrons. The van der Waals surface area contributed by atoms with Crippen molar-refractivity contribution in [3.63, 3.8) is 0 Å². The Labute approximate surface area is 146 Å². The van der Waals surface area contributed by atoms with Crippen molar-refractivity contribution in [1.29, 1.82) is 0 Å². The van der Waals surface area contributed by atoms with Gasteiger partial charge in [-0.25, -0.2) is 9.38 Å². The molecule has 0 saturated carbocycles. The first-order chi connectivity index (χ1) is 12.2. The maximum Gasteiger partial charge on any atom is 0.275 e. The highest BCUT2D eigenvalue weighted by atomic mass is 32.1. The topological polar surface area (TPSA) is 66.0 Å². The Hall–Kier alpha value is -2.80. The number of imidazole rings is 1. The van der Waals surface area contributed by atoms with Crippen LogP contribution in [0, 0.1) is 0 Å². The number of nitrogens with zero attached hydrogens (tertiary/aromatic N) is 2. The van der Waals surface area contributed by atoms with Crippen LogP contribution in [0.25, 0.3) is 22.1 Å². The van der Waals surface area contributed by atoms with Crippen LogP contribution in [0.2, 0.25) is 0 Å². The molecule has 0 spiro atoms. The summed E-state index contributed by atoms with van der Waals surface area (Å²) >= 11 is 1.33. The first-order valence-corrected chi connectivity index (χ1v) is 8.82.